The first kappa shape index (κ1) is 19.5. The summed E-state index contributed by atoms with van der Waals surface area (Å²) in [5.74, 6) is 1.42. The first-order valence-corrected chi connectivity index (χ1v) is 9.69. The van der Waals surface area contributed by atoms with Gasteiger partial charge in [0.2, 0.25) is 11.9 Å². The van der Waals surface area contributed by atoms with Crippen LogP contribution in [0.2, 0.25) is 0 Å². The molecule has 1 saturated heterocycles. The van der Waals surface area contributed by atoms with Gasteiger partial charge in [0.1, 0.15) is 5.82 Å². The van der Waals surface area contributed by atoms with Crippen molar-refractivity contribution in [3.05, 3.63) is 58.9 Å². The van der Waals surface area contributed by atoms with Crippen LogP contribution in [-0.2, 0) is 4.79 Å². The van der Waals surface area contributed by atoms with E-state index in [-0.39, 0.29) is 11.6 Å². The minimum absolute atomic E-state index is 0.0366. The maximum Gasteiger partial charge on any atom is 0.270 e. The van der Waals surface area contributed by atoms with Crippen LogP contribution >= 0.6 is 0 Å². The van der Waals surface area contributed by atoms with Gasteiger partial charge in [0.15, 0.2) is 0 Å². The van der Waals surface area contributed by atoms with Gasteiger partial charge in [0.25, 0.3) is 5.69 Å². The smallest absolute Gasteiger partial charge is 0.270 e. The van der Waals surface area contributed by atoms with Gasteiger partial charge in [-0.3, -0.25) is 14.9 Å². The third kappa shape index (κ3) is 4.43. The number of rotatable bonds is 6. The zero-order valence-electron chi connectivity index (χ0n) is 16.3. The predicted octanol–water partition coefficient (Wildman–Crippen LogP) is 2.08. The molecule has 1 aromatic carbocycles. The van der Waals surface area contributed by atoms with Crippen LogP contribution < -0.4 is 10.2 Å². The second-order valence-corrected chi connectivity index (χ2v) is 6.92. The number of nitrogens with zero attached hydrogens (tertiary/aromatic N) is 6. The van der Waals surface area contributed by atoms with Crippen LogP contribution in [0.25, 0.3) is 10.9 Å². The van der Waals surface area contributed by atoms with Crippen LogP contribution in [0.1, 0.15) is 6.42 Å². The molecular weight excluding hydrogens is 386 g/mol. The van der Waals surface area contributed by atoms with Crippen molar-refractivity contribution in [2.24, 2.45) is 0 Å². The molecule has 2 aromatic heterocycles. The summed E-state index contributed by atoms with van der Waals surface area (Å²) in [7, 11) is 0. The van der Waals surface area contributed by atoms with Gasteiger partial charge in [0, 0.05) is 69.1 Å². The highest BCUT2D eigenvalue weighted by Gasteiger charge is 2.22. The minimum Gasteiger partial charge on any atom is -0.370 e. The summed E-state index contributed by atoms with van der Waals surface area (Å²) < 4.78 is 0. The Morgan fingerprint density at radius 3 is 2.60 bits per heavy atom. The number of aromatic nitrogens is 3. The lowest BCUT2D eigenvalue weighted by molar-refractivity contribution is -0.384. The Morgan fingerprint density at radius 2 is 1.87 bits per heavy atom. The Labute approximate surface area is 172 Å². The Morgan fingerprint density at radius 1 is 1.10 bits per heavy atom. The fourth-order valence-corrected chi connectivity index (χ4v) is 3.39. The van der Waals surface area contributed by atoms with E-state index in [4.69, 9.17) is 0 Å². The zero-order chi connectivity index (χ0) is 20.9. The average molecular weight is 407 g/mol. The largest absolute Gasteiger partial charge is 0.370 e. The van der Waals surface area contributed by atoms with Crippen LogP contribution in [0, 0.1) is 10.1 Å². The lowest BCUT2D eigenvalue weighted by atomic mass is 10.2. The standard InChI is InChI=1S/C20H21N7O3/c28-19(25-10-12-26(13-11-25)20-22-7-1-8-23-20)6-9-21-18-5-2-15-14-16(27(29)30)3-4-17(15)24-18/h1-5,7-8,14H,6,9-13H2,(H,21,24). The van der Waals surface area contributed by atoms with E-state index in [0.717, 1.165) is 0 Å². The Hall–Kier alpha value is -3.82. The molecule has 0 atom stereocenters. The van der Waals surface area contributed by atoms with Crippen LogP contribution in [0.5, 0.6) is 0 Å². The summed E-state index contributed by atoms with van der Waals surface area (Å²) >= 11 is 0. The molecule has 3 heterocycles. The molecule has 1 N–H and O–H groups in total. The van der Waals surface area contributed by atoms with E-state index in [2.05, 4.69) is 25.2 Å². The average Bonchev–Trinajstić information content (AvgIpc) is 2.79. The SMILES string of the molecule is O=C(CCNc1ccc2cc([N+](=O)[O-])ccc2n1)N1CCN(c2ncccn2)CC1. The molecule has 154 valence electrons. The first-order valence-electron chi connectivity index (χ1n) is 9.69. The van der Waals surface area contributed by atoms with Crippen molar-refractivity contribution in [2.45, 2.75) is 6.42 Å². The van der Waals surface area contributed by atoms with Crippen molar-refractivity contribution in [1.29, 1.82) is 0 Å². The van der Waals surface area contributed by atoms with Crippen molar-refractivity contribution in [3.63, 3.8) is 0 Å². The fourth-order valence-electron chi connectivity index (χ4n) is 3.39. The number of pyridine rings is 1. The molecule has 30 heavy (non-hydrogen) atoms. The molecule has 1 fully saturated rings. The van der Waals surface area contributed by atoms with E-state index in [1.54, 1.807) is 36.7 Å². The quantitative estimate of drug-likeness (QED) is 0.487. The third-order valence-corrected chi connectivity index (χ3v) is 5.00. The molecule has 10 heteroatoms. The number of hydrogen-bond acceptors (Lipinski definition) is 8. The number of non-ortho nitro benzene ring substituents is 1. The summed E-state index contributed by atoms with van der Waals surface area (Å²) in [6, 6.07) is 9.88. The van der Waals surface area contributed by atoms with E-state index >= 15 is 0 Å². The Bertz CT molecular complexity index is 1050. The van der Waals surface area contributed by atoms with Crippen LogP contribution in [0.15, 0.2) is 48.8 Å². The van der Waals surface area contributed by atoms with Crippen molar-refractivity contribution >= 4 is 34.3 Å². The number of nitro groups is 1. The number of nitro benzene ring substituents is 1. The molecule has 0 bridgehead atoms. The number of nitrogens with one attached hydrogen (secondary N) is 1. The third-order valence-electron chi connectivity index (χ3n) is 5.00. The molecule has 0 unspecified atom stereocenters. The topological polar surface area (TPSA) is 117 Å². The van der Waals surface area contributed by atoms with Gasteiger partial charge in [-0.15, -0.1) is 0 Å². The number of carbonyl (C=O) groups is 1. The van der Waals surface area contributed by atoms with E-state index in [1.807, 2.05) is 4.90 Å². The summed E-state index contributed by atoms with van der Waals surface area (Å²) in [5, 5.41) is 14.7. The Balaban J connectivity index is 1.26. The molecule has 1 aliphatic rings. The highest BCUT2D eigenvalue weighted by atomic mass is 16.6. The molecule has 0 aliphatic carbocycles. The molecule has 1 amide bonds. The summed E-state index contributed by atoms with van der Waals surface area (Å²) in [4.78, 5) is 39.8. The second-order valence-electron chi connectivity index (χ2n) is 6.92. The Kier molecular flexibility index (Phi) is 5.64. The minimum atomic E-state index is -0.427. The molecular formula is C20H21N7O3. The number of piperazine rings is 1. The van der Waals surface area contributed by atoms with Gasteiger partial charge in [-0.2, -0.15) is 0 Å². The maximum absolute atomic E-state index is 12.5. The highest BCUT2D eigenvalue weighted by Crippen LogP contribution is 2.21. The lowest BCUT2D eigenvalue weighted by Crippen LogP contribution is -2.49. The molecule has 0 spiro atoms. The first-order chi connectivity index (χ1) is 14.6. The summed E-state index contributed by atoms with van der Waals surface area (Å²) in [6.45, 7) is 3.17. The molecule has 3 aromatic rings. The highest BCUT2D eigenvalue weighted by molar-refractivity contribution is 5.82. The van der Waals surface area contributed by atoms with Crippen LogP contribution in [-0.4, -0.2) is 63.4 Å². The van der Waals surface area contributed by atoms with E-state index < -0.39 is 4.92 Å². The zero-order valence-corrected chi connectivity index (χ0v) is 16.3. The van der Waals surface area contributed by atoms with Crippen molar-refractivity contribution in [1.82, 2.24) is 19.9 Å². The van der Waals surface area contributed by atoms with Crippen molar-refractivity contribution in [3.8, 4) is 0 Å². The van der Waals surface area contributed by atoms with Gasteiger partial charge < -0.3 is 15.1 Å². The number of benzene rings is 1. The van der Waals surface area contributed by atoms with Crippen molar-refractivity contribution < 1.29 is 9.72 Å². The van der Waals surface area contributed by atoms with E-state index in [1.165, 1.54) is 12.1 Å². The van der Waals surface area contributed by atoms with E-state index in [0.29, 0.717) is 61.8 Å². The summed E-state index contributed by atoms with van der Waals surface area (Å²) in [6.07, 6.45) is 3.79. The predicted molar refractivity (Wildman–Crippen MR) is 112 cm³/mol. The number of amides is 1. The number of fused-ring (bicyclic) bond motifs is 1. The normalized spacial score (nSPS) is 14.0. The molecule has 10 nitrogen and oxygen atoms in total. The number of hydrogen-bond donors (Lipinski definition) is 1. The van der Waals surface area contributed by atoms with Crippen LogP contribution in [0.4, 0.5) is 17.5 Å². The molecule has 4 rings (SSSR count). The number of carbonyl (C=O) groups excluding carboxylic acids is 1. The van der Waals surface area contributed by atoms with Gasteiger partial charge in [-0.25, -0.2) is 15.0 Å². The van der Waals surface area contributed by atoms with Crippen molar-refractivity contribution in [2.75, 3.05) is 42.9 Å². The van der Waals surface area contributed by atoms with Gasteiger partial charge in [-0.05, 0) is 24.3 Å². The molecule has 0 radical (unpaired) electrons. The lowest BCUT2D eigenvalue weighted by Gasteiger charge is -2.34. The second kappa shape index (κ2) is 8.68. The summed E-state index contributed by atoms with van der Waals surface area (Å²) in [5.41, 5.74) is 0.700. The molecule has 1 aliphatic heterocycles. The van der Waals surface area contributed by atoms with Gasteiger partial charge >= 0.3 is 0 Å². The maximum atomic E-state index is 12.5. The fraction of sp³-hybridized carbons (Fsp3) is 0.300. The molecule has 0 saturated carbocycles. The van der Waals surface area contributed by atoms with Gasteiger partial charge in [-0.1, -0.05) is 0 Å². The van der Waals surface area contributed by atoms with Crippen LogP contribution in [0.3, 0.4) is 0 Å². The number of anilines is 2. The van der Waals surface area contributed by atoms with Gasteiger partial charge in [0.05, 0.1) is 10.4 Å². The van der Waals surface area contributed by atoms with E-state index in [9.17, 15) is 14.9 Å². The monoisotopic (exact) mass is 407 g/mol.